The molecular formula is C22H27N2O. The number of Topliss-reactive ketones (excluding diaryl/α,β-unsaturated/α-hetero) is 1. The predicted molar refractivity (Wildman–Crippen MR) is 103 cm³/mol. The van der Waals surface area contributed by atoms with E-state index >= 15 is 0 Å². The minimum Gasteiger partial charge on any atom is -0.329 e. The summed E-state index contributed by atoms with van der Waals surface area (Å²) in [5.74, 6) is 0.314. The van der Waals surface area contributed by atoms with Crippen LogP contribution < -0.4 is 5.73 Å². The highest BCUT2D eigenvalue weighted by molar-refractivity contribution is 5.98. The summed E-state index contributed by atoms with van der Waals surface area (Å²) >= 11 is 0. The van der Waals surface area contributed by atoms with Crippen molar-refractivity contribution in [3.63, 3.8) is 0 Å². The lowest BCUT2D eigenvalue weighted by Crippen LogP contribution is -2.45. The first kappa shape index (κ1) is 17.8. The fourth-order valence-electron chi connectivity index (χ4n) is 3.80. The molecule has 2 atom stereocenters. The third kappa shape index (κ3) is 3.83. The zero-order chi connectivity index (χ0) is 17.8. The van der Waals surface area contributed by atoms with Gasteiger partial charge < -0.3 is 10.6 Å². The van der Waals surface area contributed by atoms with Gasteiger partial charge in [0.1, 0.15) is 0 Å². The van der Waals surface area contributed by atoms with Crippen LogP contribution in [0.4, 0.5) is 0 Å². The van der Waals surface area contributed by atoms with Crippen LogP contribution in [0.25, 0.3) is 0 Å². The molecule has 1 radical (unpaired) electrons. The highest BCUT2D eigenvalue weighted by Gasteiger charge is 2.36. The van der Waals surface area contributed by atoms with Gasteiger partial charge in [-0.1, -0.05) is 48.5 Å². The summed E-state index contributed by atoms with van der Waals surface area (Å²) in [6, 6.07) is 16.1. The summed E-state index contributed by atoms with van der Waals surface area (Å²) in [4.78, 5) is 15.5. The Morgan fingerprint density at radius 3 is 2.60 bits per heavy atom. The van der Waals surface area contributed by atoms with E-state index in [0.29, 0.717) is 6.54 Å². The van der Waals surface area contributed by atoms with E-state index < -0.39 is 0 Å². The number of carbonyl (C=O) groups excluding carboxylic acids is 1. The number of piperidine rings is 1. The van der Waals surface area contributed by atoms with Crippen LogP contribution in [0.15, 0.2) is 48.5 Å². The van der Waals surface area contributed by atoms with E-state index in [1.807, 2.05) is 30.3 Å². The van der Waals surface area contributed by atoms with Gasteiger partial charge in [-0.15, -0.1) is 0 Å². The first-order valence-electron chi connectivity index (χ1n) is 9.03. The monoisotopic (exact) mass is 335 g/mol. The Bertz CT molecular complexity index is 726. The number of likely N-dealkylation sites (tertiary alicyclic amines) is 1. The number of nitrogens with zero attached hydrogens (tertiary/aromatic N) is 1. The van der Waals surface area contributed by atoms with Gasteiger partial charge in [0, 0.05) is 37.7 Å². The molecule has 1 aliphatic heterocycles. The molecule has 3 heteroatoms. The molecular weight excluding hydrogens is 308 g/mol. The average molecular weight is 335 g/mol. The maximum absolute atomic E-state index is 13.3. The van der Waals surface area contributed by atoms with Crippen molar-refractivity contribution in [2.24, 2.45) is 11.7 Å². The summed E-state index contributed by atoms with van der Waals surface area (Å²) in [7, 11) is 0. The van der Waals surface area contributed by atoms with Gasteiger partial charge in [-0.25, -0.2) is 0 Å². The van der Waals surface area contributed by atoms with Crippen LogP contribution in [0, 0.1) is 26.2 Å². The quantitative estimate of drug-likeness (QED) is 0.852. The second-order valence-corrected chi connectivity index (χ2v) is 6.94. The summed E-state index contributed by atoms with van der Waals surface area (Å²) in [6.07, 6.45) is 2.30. The molecule has 3 nitrogen and oxygen atoms in total. The second-order valence-electron chi connectivity index (χ2n) is 6.94. The first-order chi connectivity index (χ1) is 12.1. The van der Waals surface area contributed by atoms with Gasteiger partial charge in [0.05, 0.1) is 0 Å². The van der Waals surface area contributed by atoms with Gasteiger partial charge >= 0.3 is 0 Å². The molecule has 2 N–H and O–H groups in total. The smallest absolute Gasteiger partial charge is 0.167 e. The Labute approximate surface area is 150 Å². The van der Waals surface area contributed by atoms with E-state index in [1.165, 1.54) is 16.7 Å². The number of benzene rings is 2. The molecule has 1 aliphatic rings. The molecule has 2 aromatic carbocycles. The number of hydrogen-bond acceptors (Lipinski definition) is 3. The number of rotatable bonds is 5. The fraction of sp³-hybridized carbons (Fsp3) is 0.364. The van der Waals surface area contributed by atoms with Crippen LogP contribution in [-0.4, -0.2) is 36.9 Å². The fourth-order valence-corrected chi connectivity index (χ4v) is 3.80. The summed E-state index contributed by atoms with van der Waals surface area (Å²) in [5.41, 5.74) is 10.4. The van der Waals surface area contributed by atoms with Crippen molar-refractivity contribution in [2.75, 3.05) is 26.2 Å². The number of nitrogens with two attached hydrogens (primary N) is 1. The largest absolute Gasteiger partial charge is 0.329 e. The molecule has 0 bridgehead atoms. The van der Waals surface area contributed by atoms with Crippen molar-refractivity contribution in [1.82, 2.24) is 4.90 Å². The molecule has 2 aromatic rings. The van der Waals surface area contributed by atoms with Crippen LogP contribution >= 0.6 is 0 Å². The van der Waals surface area contributed by atoms with E-state index in [9.17, 15) is 4.79 Å². The average Bonchev–Trinajstić information content (AvgIpc) is 2.64. The molecule has 0 saturated carbocycles. The summed E-state index contributed by atoms with van der Waals surface area (Å²) < 4.78 is 0. The number of hydrogen-bond donors (Lipinski definition) is 1. The molecule has 25 heavy (non-hydrogen) atoms. The van der Waals surface area contributed by atoms with Gasteiger partial charge in [0.2, 0.25) is 0 Å². The molecule has 1 heterocycles. The Hall–Kier alpha value is -1.97. The Morgan fingerprint density at radius 2 is 1.88 bits per heavy atom. The third-order valence-corrected chi connectivity index (χ3v) is 5.35. The van der Waals surface area contributed by atoms with Gasteiger partial charge in [-0.3, -0.25) is 4.79 Å². The number of ketones is 1. The normalized spacial score (nSPS) is 21.2. The predicted octanol–water partition coefficient (Wildman–Crippen LogP) is 3.36. The van der Waals surface area contributed by atoms with Gasteiger partial charge in [-0.05, 0) is 42.9 Å². The van der Waals surface area contributed by atoms with E-state index in [1.54, 1.807) is 0 Å². The minimum atomic E-state index is -0.0665. The van der Waals surface area contributed by atoms with Crippen LogP contribution in [0.1, 0.15) is 33.0 Å². The van der Waals surface area contributed by atoms with E-state index in [-0.39, 0.29) is 17.6 Å². The maximum atomic E-state index is 13.3. The molecule has 0 spiro atoms. The second kappa shape index (κ2) is 7.94. The van der Waals surface area contributed by atoms with Crippen molar-refractivity contribution >= 4 is 5.78 Å². The highest BCUT2D eigenvalue weighted by atomic mass is 16.1. The van der Waals surface area contributed by atoms with Gasteiger partial charge in [0.15, 0.2) is 5.78 Å². The lowest BCUT2D eigenvalue weighted by atomic mass is 9.75. The molecule has 0 amide bonds. The lowest BCUT2D eigenvalue weighted by Gasteiger charge is -2.38. The van der Waals surface area contributed by atoms with Crippen molar-refractivity contribution in [2.45, 2.75) is 19.8 Å². The van der Waals surface area contributed by atoms with Crippen molar-refractivity contribution in [1.29, 1.82) is 0 Å². The lowest BCUT2D eigenvalue weighted by molar-refractivity contribution is 0.0831. The van der Waals surface area contributed by atoms with Crippen molar-refractivity contribution in [3.05, 3.63) is 77.2 Å². The van der Waals surface area contributed by atoms with Crippen LogP contribution in [-0.2, 0) is 0 Å². The highest BCUT2D eigenvalue weighted by Crippen LogP contribution is 2.36. The number of aryl methyl sites for hydroxylation is 1. The van der Waals surface area contributed by atoms with Crippen LogP contribution in [0.5, 0.6) is 0 Å². The molecule has 0 unspecified atom stereocenters. The molecule has 1 fully saturated rings. The standard InChI is InChI=1S/C22H27N2O/c1-16-7-6-10-19(17(16)2)20-11-13-24(14-12-23)15-21(20)22(25)18-8-4-3-5-9-18/h3-11,20-21H,12-15,23H2,1-2H3/t20-,21+/m1/s1. The first-order valence-corrected chi connectivity index (χ1v) is 9.03. The topological polar surface area (TPSA) is 46.3 Å². The summed E-state index contributed by atoms with van der Waals surface area (Å²) in [5, 5.41) is 0. The van der Waals surface area contributed by atoms with Gasteiger partial charge in [-0.2, -0.15) is 0 Å². The minimum absolute atomic E-state index is 0.0665. The van der Waals surface area contributed by atoms with Crippen LogP contribution in [0.2, 0.25) is 0 Å². The Balaban J connectivity index is 1.95. The Kier molecular flexibility index (Phi) is 5.67. The molecule has 1 saturated heterocycles. The molecule has 0 aliphatic carbocycles. The Morgan fingerprint density at radius 1 is 1.12 bits per heavy atom. The zero-order valence-electron chi connectivity index (χ0n) is 15.1. The molecule has 131 valence electrons. The van der Waals surface area contributed by atoms with E-state index in [2.05, 4.69) is 43.4 Å². The maximum Gasteiger partial charge on any atom is 0.167 e. The molecule has 0 aromatic heterocycles. The van der Waals surface area contributed by atoms with Crippen molar-refractivity contribution < 1.29 is 4.79 Å². The molecule has 3 rings (SSSR count). The SMILES string of the molecule is Cc1cccc([C@H]2[CH]CN(CCN)C[C@@H]2C(=O)c2ccccc2)c1C. The van der Waals surface area contributed by atoms with E-state index in [0.717, 1.165) is 25.2 Å². The number of carbonyl (C=O) groups is 1. The summed E-state index contributed by atoms with van der Waals surface area (Å²) in [6.45, 7) is 7.39. The van der Waals surface area contributed by atoms with Crippen molar-refractivity contribution in [3.8, 4) is 0 Å². The van der Waals surface area contributed by atoms with Crippen LogP contribution in [0.3, 0.4) is 0 Å². The van der Waals surface area contributed by atoms with Gasteiger partial charge in [0.25, 0.3) is 0 Å². The van der Waals surface area contributed by atoms with E-state index in [4.69, 9.17) is 5.73 Å². The third-order valence-electron chi connectivity index (χ3n) is 5.35. The zero-order valence-corrected chi connectivity index (χ0v) is 15.1.